The smallest absolute Gasteiger partial charge is 0.347 e. The van der Waals surface area contributed by atoms with E-state index in [2.05, 4.69) is 16.9 Å². The Labute approximate surface area is 208 Å². The molecule has 0 spiro atoms. The number of halogens is 1. The third kappa shape index (κ3) is 10.1. The second-order valence-corrected chi connectivity index (χ2v) is 8.14. The van der Waals surface area contributed by atoms with Crippen molar-refractivity contribution in [1.82, 2.24) is 15.7 Å². The molecule has 0 aromatic rings. The van der Waals surface area contributed by atoms with Gasteiger partial charge in [-0.15, -0.1) is 0 Å². The number of ether oxygens (including phenoxy) is 3. The Kier molecular flexibility index (Phi) is 12.7. The van der Waals surface area contributed by atoms with Crippen LogP contribution in [0.25, 0.3) is 0 Å². The van der Waals surface area contributed by atoms with Gasteiger partial charge in [-0.2, -0.15) is 4.99 Å². The second kappa shape index (κ2) is 14.9. The predicted molar refractivity (Wildman–Crippen MR) is 122 cm³/mol. The Balaban J connectivity index is 2.78. The minimum absolute atomic E-state index is 0.00433. The molecule has 3 N–H and O–H groups in total. The van der Waals surface area contributed by atoms with E-state index in [1.165, 1.54) is 19.5 Å². The molecule has 14 heteroatoms. The topological polar surface area (TPSA) is 173 Å². The van der Waals surface area contributed by atoms with Crippen molar-refractivity contribution in [2.45, 2.75) is 83.8 Å². The first-order valence-corrected chi connectivity index (χ1v) is 11.3. The first-order chi connectivity index (χ1) is 16.9. The van der Waals surface area contributed by atoms with Gasteiger partial charge in [-0.25, -0.2) is 14.7 Å². The standard InChI is InChI=1S/C22H33FN4O9/c1-12(23)20(24-16(30)10-8-6-7-9-11-17(31)26-33)25-22(32)27(5)21-19(36-15(4)29)18(13(2)34-21)35-14(3)28/h13,18-19,21,33H,1,6-11H2,2-5H3,(H,26,31)(H,24,25,30,32)/t13-,18-,19-,21-/m1/s1. The van der Waals surface area contributed by atoms with Crippen LogP contribution in [0.1, 0.15) is 59.3 Å². The Morgan fingerprint density at radius 3 is 2.03 bits per heavy atom. The number of esters is 2. The number of unbranched alkanes of at least 4 members (excludes halogenated alkanes) is 3. The fourth-order valence-corrected chi connectivity index (χ4v) is 3.40. The van der Waals surface area contributed by atoms with Crippen molar-refractivity contribution < 1.29 is 47.8 Å². The number of carbonyl (C=O) groups is 5. The molecule has 0 saturated carbocycles. The van der Waals surface area contributed by atoms with E-state index in [-0.39, 0.29) is 12.8 Å². The molecule has 1 aliphatic heterocycles. The van der Waals surface area contributed by atoms with E-state index in [1.54, 1.807) is 6.92 Å². The number of hydrogen-bond donors (Lipinski definition) is 3. The van der Waals surface area contributed by atoms with Crippen LogP contribution >= 0.6 is 0 Å². The third-order valence-electron chi connectivity index (χ3n) is 5.11. The maximum Gasteiger partial charge on any atom is 0.347 e. The average molecular weight is 517 g/mol. The highest BCUT2D eigenvalue weighted by Gasteiger charge is 2.50. The summed E-state index contributed by atoms with van der Waals surface area (Å²) in [4.78, 5) is 63.3. The van der Waals surface area contributed by atoms with Crippen LogP contribution in [0.3, 0.4) is 0 Å². The molecule has 1 fully saturated rings. The van der Waals surface area contributed by atoms with Crippen molar-refractivity contribution >= 4 is 35.6 Å². The van der Waals surface area contributed by atoms with Gasteiger partial charge in [0, 0.05) is 33.7 Å². The molecular weight excluding hydrogens is 483 g/mol. The number of aliphatic imine (C=N–C) groups is 1. The lowest BCUT2D eigenvalue weighted by Gasteiger charge is -2.28. The highest BCUT2D eigenvalue weighted by atomic mass is 19.1. The van der Waals surface area contributed by atoms with Gasteiger partial charge < -0.3 is 19.5 Å². The summed E-state index contributed by atoms with van der Waals surface area (Å²) >= 11 is 0. The molecule has 1 rings (SSSR count). The molecule has 4 atom stereocenters. The molecule has 0 bridgehead atoms. The summed E-state index contributed by atoms with van der Waals surface area (Å²) in [5.41, 5.74) is 1.53. The monoisotopic (exact) mass is 516 g/mol. The first-order valence-electron chi connectivity index (χ1n) is 11.3. The number of amidine groups is 1. The summed E-state index contributed by atoms with van der Waals surface area (Å²) in [6.07, 6.45) is -1.75. The van der Waals surface area contributed by atoms with Crippen LogP contribution in [0, 0.1) is 0 Å². The lowest BCUT2D eigenvalue weighted by Crippen LogP contribution is -2.47. The molecule has 202 valence electrons. The highest BCUT2D eigenvalue weighted by molar-refractivity contribution is 6.09. The van der Waals surface area contributed by atoms with E-state index in [4.69, 9.17) is 19.4 Å². The SMILES string of the molecule is C=C(F)C(=NC(=O)N(C)[C@@H]1O[C@H](C)[C@@H](OC(C)=O)[C@H]1OC(C)=O)NC(=O)CCCCCCC(=O)NO. The van der Waals surface area contributed by atoms with E-state index < -0.39 is 66.0 Å². The van der Waals surface area contributed by atoms with E-state index >= 15 is 0 Å². The van der Waals surface area contributed by atoms with Gasteiger partial charge in [-0.1, -0.05) is 19.4 Å². The molecular formula is C22H33FN4O9. The summed E-state index contributed by atoms with van der Waals surface area (Å²) in [7, 11) is 1.26. The molecule has 0 aromatic carbocycles. The van der Waals surface area contributed by atoms with Crippen molar-refractivity contribution in [1.29, 1.82) is 0 Å². The molecule has 0 unspecified atom stereocenters. The Hall–Kier alpha value is -3.39. The van der Waals surface area contributed by atoms with Crippen molar-refractivity contribution in [2.24, 2.45) is 4.99 Å². The number of nitrogens with zero attached hydrogens (tertiary/aromatic N) is 2. The molecule has 0 aliphatic carbocycles. The van der Waals surface area contributed by atoms with Crippen LogP contribution in [0.5, 0.6) is 0 Å². The lowest BCUT2D eigenvalue weighted by atomic mass is 10.1. The summed E-state index contributed by atoms with van der Waals surface area (Å²) < 4.78 is 29.9. The maximum absolute atomic E-state index is 13.9. The molecule has 36 heavy (non-hydrogen) atoms. The van der Waals surface area contributed by atoms with Gasteiger partial charge >= 0.3 is 18.0 Å². The zero-order chi connectivity index (χ0) is 27.4. The van der Waals surface area contributed by atoms with Gasteiger partial charge in [0.1, 0.15) is 0 Å². The minimum atomic E-state index is -1.21. The van der Waals surface area contributed by atoms with Crippen LogP contribution in [0.2, 0.25) is 0 Å². The van der Waals surface area contributed by atoms with Crippen molar-refractivity contribution in [3.63, 3.8) is 0 Å². The number of nitrogens with one attached hydrogen (secondary N) is 2. The zero-order valence-corrected chi connectivity index (χ0v) is 20.7. The van der Waals surface area contributed by atoms with Gasteiger partial charge in [0.15, 0.2) is 30.1 Å². The van der Waals surface area contributed by atoms with Crippen LogP contribution in [0.4, 0.5) is 9.18 Å². The maximum atomic E-state index is 13.9. The van der Waals surface area contributed by atoms with Crippen LogP contribution < -0.4 is 10.8 Å². The van der Waals surface area contributed by atoms with E-state index in [0.717, 1.165) is 11.8 Å². The number of rotatable bonds is 11. The molecule has 0 aromatic heterocycles. The van der Waals surface area contributed by atoms with E-state index in [9.17, 15) is 28.4 Å². The van der Waals surface area contributed by atoms with Gasteiger partial charge in [-0.05, 0) is 19.8 Å². The van der Waals surface area contributed by atoms with Crippen LogP contribution in [-0.4, -0.2) is 77.3 Å². The summed E-state index contributed by atoms with van der Waals surface area (Å²) in [5.74, 6) is -4.29. The fourth-order valence-electron chi connectivity index (χ4n) is 3.40. The molecule has 4 amide bonds. The first kappa shape index (κ1) is 30.6. The largest absolute Gasteiger partial charge is 0.456 e. The fraction of sp³-hybridized carbons (Fsp3) is 0.636. The third-order valence-corrected chi connectivity index (χ3v) is 5.11. The molecule has 1 aliphatic rings. The highest BCUT2D eigenvalue weighted by Crippen LogP contribution is 2.29. The van der Waals surface area contributed by atoms with Gasteiger partial charge in [-0.3, -0.25) is 29.3 Å². The Morgan fingerprint density at radius 1 is 1.00 bits per heavy atom. The summed E-state index contributed by atoms with van der Waals surface area (Å²) in [6.45, 7) is 6.94. The normalized spacial score (nSPS) is 21.3. The number of hydroxylamine groups is 1. The van der Waals surface area contributed by atoms with Crippen molar-refractivity contribution in [3.05, 3.63) is 12.4 Å². The van der Waals surface area contributed by atoms with E-state index in [1.807, 2.05) is 0 Å². The predicted octanol–water partition coefficient (Wildman–Crippen LogP) is 1.49. The minimum Gasteiger partial charge on any atom is -0.456 e. The number of amides is 4. The quantitative estimate of drug-likeness (QED) is 0.0918. The molecule has 1 heterocycles. The van der Waals surface area contributed by atoms with Crippen LogP contribution in [-0.2, 0) is 33.4 Å². The lowest BCUT2D eigenvalue weighted by molar-refractivity contribution is -0.166. The molecule has 13 nitrogen and oxygen atoms in total. The van der Waals surface area contributed by atoms with Gasteiger partial charge in [0.05, 0.1) is 6.10 Å². The Morgan fingerprint density at radius 2 is 1.53 bits per heavy atom. The number of carbonyl (C=O) groups excluding carboxylic acids is 5. The van der Waals surface area contributed by atoms with Gasteiger partial charge in [0.25, 0.3) is 0 Å². The second-order valence-electron chi connectivity index (χ2n) is 8.14. The van der Waals surface area contributed by atoms with Crippen molar-refractivity contribution in [3.8, 4) is 0 Å². The van der Waals surface area contributed by atoms with Crippen molar-refractivity contribution in [2.75, 3.05) is 7.05 Å². The zero-order valence-electron chi connectivity index (χ0n) is 20.7. The van der Waals surface area contributed by atoms with E-state index in [0.29, 0.717) is 25.7 Å². The van der Waals surface area contributed by atoms with Crippen LogP contribution in [0.15, 0.2) is 17.4 Å². The summed E-state index contributed by atoms with van der Waals surface area (Å²) in [5, 5.41) is 10.6. The molecule has 0 radical (unpaired) electrons. The average Bonchev–Trinajstić information content (AvgIpc) is 3.08. The number of hydrogen-bond acceptors (Lipinski definition) is 9. The van der Waals surface area contributed by atoms with Gasteiger partial charge in [0.2, 0.25) is 11.8 Å². The molecule has 1 saturated heterocycles. The number of likely N-dealkylation sites (N-methyl/N-ethyl adjacent to an activating group) is 1. The Bertz CT molecular complexity index is 880. The number of urea groups is 1. The summed E-state index contributed by atoms with van der Waals surface area (Å²) in [6, 6.07) is -1.04.